The maximum absolute atomic E-state index is 9.41. The Morgan fingerprint density at radius 1 is 0.929 bits per heavy atom. The van der Waals surface area contributed by atoms with Crippen molar-refractivity contribution >= 4 is 16.5 Å². The van der Waals surface area contributed by atoms with Gasteiger partial charge in [0.25, 0.3) is 0 Å². The van der Waals surface area contributed by atoms with Crippen molar-refractivity contribution in [2.75, 3.05) is 13.2 Å². The molecule has 0 aromatic rings. The standard InChI is InChI=1S/2C2H5O3P.2K/c2*1-2-5-6(3)4;;/h2*2H2,1H3;;/q;;2*+1. The van der Waals surface area contributed by atoms with Gasteiger partial charge in [-0.25, -0.2) is 0 Å². The van der Waals surface area contributed by atoms with Gasteiger partial charge < -0.3 is 9.79 Å². The molecule has 14 heavy (non-hydrogen) atoms. The summed E-state index contributed by atoms with van der Waals surface area (Å²) in [6.07, 6.45) is 0. The molecule has 2 atom stereocenters. The average molecular weight is 294 g/mol. The third kappa shape index (κ3) is 36.2. The monoisotopic (exact) mass is 294 g/mol. The van der Waals surface area contributed by atoms with Gasteiger partial charge in [-0.15, -0.1) is 9.05 Å². The first-order valence-electron chi connectivity index (χ1n) is 3.09. The number of hydrogen-bond donors (Lipinski definition) is 0. The van der Waals surface area contributed by atoms with Gasteiger partial charge >= 0.3 is 119 Å². The van der Waals surface area contributed by atoms with Crippen LogP contribution >= 0.6 is 16.5 Å². The van der Waals surface area contributed by atoms with E-state index in [0.29, 0.717) is 0 Å². The summed E-state index contributed by atoms with van der Waals surface area (Å²) in [7, 11) is -5.20. The summed E-state index contributed by atoms with van der Waals surface area (Å²) in [6.45, 7) is 3.70. The van der Waals surface area contributed by atoms with E-state index in [9.17, 15) is 18.9 Å². The molecule has 0 aliphatic heterocycles. The van der Waals surface area contributed by atoms with Crippen molar-refractivity contribution < 1.29 is 131 Å². The predicted molar refractivity (Wildman–Crippen MR) is 38.5 cm³/mol. The molecule has 0 aliphatic carbocycles. The van der Waals surface area contributed by atoms with Crippen molar-refractivity contribution in [3.63, 3.8) is 0 Å². The first-order chi connectivity index (χ1) is 5.54. The molecule has 0 N–H and O–H groups in total. The van der Waals surface area contributed by atoms with E-state index in [1.54, 1.807) is 13.8 Å². The van der Waals surface area contributed by atoms with Crippen LogP contribution in [-0.4, -0.2) is 13.2 Å². The largest absolute Gasteiger partial charge is 1.00 e. The van der Waals surface area contributed by atoms with Crippen LogP contribution in [-0.2, 0) is 18.2 Å². The summed E-state index contributed by atoms with van der Waals surface area (Å²) in [5.41, 5.74) is 0. The van der Waals surface area contributed by atoms with Crippen molar-refractivity contribution in [1.29, 1.82) is 0 Å². The van der Waals surface area contributed by atoms with Crippen LogP contribution < -0.4 is 113 Å². The van der Waals surface area contributed by atoms with Crippen LogP contribution in [0, 0.1) is 0 Å². The predicted octanol–water partition coefficient (Wildman–Crippen LogP) is -5.91. The molecule has 0 fully saturated rings. The molecule has 0 radical (unpaired) electrons. The fourth-order valence-electron chi connectivity index (χ4n) is 0.211. The molecule has 0 heterocycles. The average Bonchev–Trinajstić information content (AvgIpc) is 1.87. The molecular formula is C4H10K2O6P2+2. The van der Waals surface area contributed by atoms with Gasteiger partial charge in [-0.1, -0.05) is 0 Å². The van der Waals surface area contributed by atoms with Crippen molar-refractivity contribution in [2.24, 2.45) is 0 Å². The zero-order valence-electron chi connectivity index (χ0n) is 8.76. The van der Waals surface area contributed by atoms with Crippen molar-refractivity contribution in [1.82, 2.24) is 0 Å². The Balaban J connectivity index is -0.0000000625. The summed E-state index contributed by atoms with van der Waals surface area (Å²) < 4.78 is 26.8. The molecule has 0 spiro atoms. The Kier molecular flexibility index (Phi) is 40.1. The summed E-state index contributed by atoms with van der Waals surface area (Å²) in [4.78, 5) is 18.8. The molecular weight excluding hydrogens is 284 g/mol. The van der Waals surface area contributed by atoms with E-state index in [4.69, 9.17) is 0 Å². The SMILES string of the molecule is CCO[P+](=O)[O-].CCO[P+](=O)[O-].[K+].[K+]. The maximum Gasteiger partial charge on any atom is 1.00 e. The van der Waals surface area contributed by atoms with Crippen LogP contribution in [0.1, 0.15) is 13.8 Å². The number of hydrogen-bond acceptors (Lipinski definition) is 6. The molecule has 0 bridgehead atoms. The number of rotatable bonds is 4. The fourth-order valence-corrected chi connectivity index (χ4v) is 0.632. The minimum atomic E-state index is -2.60. The molecule has 10 heteroatoms. The molecule has 0 rings (SSSR count). The van der Waals surface area contributed by atoms with Gasteiger partial charge in [-0.3, -0.25) is 0 Å². The first kappa shape index (κ1) is 26.0. The molecule has 0 aromatic carbocycles. The zero-order valence-corrected chi connectivity index (χ0v) is 16.8. The van der Waals surface area contributed by atoms with Crippen LogP contribution in [0.4, 0.5) is 0 Å². The van der Waals surface area contributed by atoms with E-state index in [1.165, 1.54) is 0 Å². The second-order valence-corrected chi connectivity index (χ2v) is 2.69. The summed E-state index contributed by atoms with van der Waals surface area (Å²) in [5.74, 6) is 0. The van der Waals surface area contributed by atoms with Crippen LogP contribution in [0.25, 0.3) is 0 Å². The normalized spacial score (nSPS) is 9.71. The molecule has 6 nitrogen and oxygen atoms in total. The molecule has 0 amide bonds. The Morgan fingerprint density at radius 2 is 1.14 bits per heavy atom. The molecule has 2 unspecified atom stereocenters. The van der Waals surface area contributed by atoms with E-state index in [1.807, 2.05) is 0 Å². The Hall–Kier alpha value is 3.31. The van der Waals surface area contributed by atoms with E-state index in [0.717, 1.165) is 0 Å². The van der Waals surface area contributed by atoms with Crippen molar-refractivity contribution in [2.45, 2.75) is 13.8 Å². The minimum Gasteiger partial charge on any atom is -0.566 e. The smallest absolute Gasteiger partial charge is 0.566 e. The second kappa shape index (κ2) is 21.6. The summed E-state index contributed by atoms with van der Waals surface area (Å²) >= 11 is 0. The third-order valence-electron chi connectivity index (χ3n) is 0.469. The first-order valence-corrected chi connectivity index (χ1v) is 5.28. The van der Waals surface area contributed by atoms with Gasteiger partial charge in [0.15, 0.2) is 0 Å². The summed E-state index contributed by atoms with van der Waals surface area (Å²) in [6, 6.07) is 0. The topological polar surface area (TPSA) is 98.7 Å². The molecule has 0 saturated heterocycles. The van der Waals surface area contributed by atoms with Crippen LogP contribution in [0.5, 0.6) is 0 Å². The van der Waals surface area contributed by atoms with Crippen LogP contribution in [0.15, 0.2) is 0 Å². The third-order valence-corrected chi connectivity index (χ3v) is 1.41. The maximum atomic E-state index is 9.41. The van der Waals surface area contributed by atoms with Gasteiger partial charge in [0.2, 0.25) is 0 Å². The quantitative estimate of drug-likeness (QED) is 0.378. The Bertz CT molecular complexity index is 130. The van der Waals surface area contributed by atoms with Gasteiger partial charge in [0, 0.05) is 0 Å². The zero-order chi connectivity index (χ0) is 9.98. The minimum absolute atomic E-state index is 0. The second-order valence-electron chi connectivity index (χ2n) is 1.28. The molecule has 0 aliphatic rings. The van der Waals surface area contributed by atoms with Gasteiger partial charge in [0.05, 0.1) is 13.2 Å². The Morgan fingerprint density at radius 3 is 1.14 bits per heavy atom. The van der Waals surface area contributed by atoms with Crippen molar-refractivity contribution in [3.8, 4) is 0 Å². The van der Waals surface area contributed by atoms with Gasteiger partial charge in [-0.05, 0) is 23.0 Å². The van der Waals surface area contributed by atoms with E-state index < -0.39 is 16.5 Å². The summed E-state index contributed by atoms with van der Waals surface area (Å²) in [5, 5.41) is 0. The van der Waals surface area contributed by atoms with Gasteiger partial charge in [0.1, 0.15) is 0 Å². The van der Waals surface area contributed by atoms with Crippen LogP contribution in [0.2, 0.25) is 0 Å². The molecule has 0 saturated carbocycles. The fraction of sp³-hybridized carbons (Fsp3) is 1.00. The van der Waals surface area contributed by atoms with E-state index in [-0.39, 0.29) is 116 Å². The van der Waals surface area contributed by atoms with Gasteiger partial charge in [-0.2, -0.15) is 0 Å². The molecule has 0 aromatic heterocycles. The Labute approximate surface area is 170 Å². The van der Waals surface area contributed by atoms with E-state index >= 15 is 0 Å². The van der Waals surface area contributed by atoms with Crippen molar-refractivity contribution in [3.05, 3.63) is 0 Å². The van der Waals surface area contributed by atoms with E-state index in [2.05, 4.69) is 9.05 Å². The van der Waals surface area contributed by atoms with Crippen LogP contribution in [0.3, 0.4) is 0 Å². The molecule has 72 valence electrons.